The van der Waals surface area contributed by atoms with Gasteiger partial charge in [-0.25, -0.2) is 4.98 Å². The monoisotopic (exact) mass is 426 g/mol. The summed E-state index contributed by atoms with van der Waals surface area (Å²) in [6.07, 6.45) is 1.58. The number of nitrogens with one attached hydrogen (secondary N) is 1. The molecule has 0 fully saturated rings. The van der Waals surface area contributed by atoms with Crippen LogP contribution in [0.2, 0.25) is 0 Å². The smallest absolute Gasteiger partial charge is 0.234 e. The van der Waals surface area contributed by atoms with Crippen LogP contribution in [0, 0.1) is 11.3 Å². The number of carbonyl (C=O) groups is 1. The van der Waals surface area contributed by atoms with Gasteiger partial charge in [0, 0.05) is 11.1 Å². The molecule has 1 amide bonds. The first-order chi connectivity index (χ1) is 15.2. The molecule has 150 valence electrons. The Bertz CT molecular complexity index is 1450. The normalized spacial score (nSPS) is 10.9. The predicted molar refractivity (Wildman–Crippen MR) is 117 cm³/mol. The van der Waals surface area contributed by atoms with Crippen molar-refractivity contribution in [3.8, 4) is 17.7 Å². The molecule has 0 spiro atoms. The van der Waals surface area contributed by atoms with Gasteiger partial charge in [-0.15, -0.1) is 10.2 Å². The first-order valence-electron chi connectivity index (χ1n) is 9.33. The van der Waals surface area contributed by atoms with Crippen molar-refractivity contribution in [1.29, 1.82) is 5.26 Å². The van der Waals surface area contributed by atoms with Crippen molar-refractivity contribution < 1.29 is 9.21 Å². The van der Waals surface area contributed by atoms with Crippen LogP contribution in [0.15, 0.2) is 76.5 Å². The number of para-hydroxylation sites is 1. The van der Waals surface area contributed by atoms with Gasteiger partial charge in [-0.05, 0) is 42.5 Å². The molecule has 0 unspecified atom stereocenters. The van der Waals surface area contributed by atoms with E-state index in [9.17, 15) is 4.79 Å². The second kappa shape index (κ2) is 7.93. The van der Waals surface area contributed by atoms with E-state index in [1.165, 1.54) is 11.8 Å². The summed E-state index contributed by atoms with van der Waals surface area (Å²) >= 11 is 1.24. The zero-order valence-electron chi connectivity index (χ0n) is 16.0. The molecule has 1 N–H and O–H groups in total. The molecule has 5 rings (SSSR count). The number of carbonyl (C=O) groups excluding carboxylic acids is 1. The summed E-state index contributed by atoms with van der Waals surface area (Å²) in [6, 6.07) is 20.1. The molecule has 0 aliphatic heterocycles. The van der Waals surface area contributed by atoms with Crippen molar-refractivity contribution in [3.63, 3.8) is 0 Å². The highest BCUT2D eigenvalue weighted by atomic mass is 32.2. The minimum absolute atomic E-state index is 0.113. The summed E-state index contributed by atoms with van der Waals surface area (Å²) in [5, 5.41) is 21.8. The van der Waals surface area contributed by atoms with Crippen molar-refractivity contribution in [2.75, 3.05) is 11.1 Å². The van der Waals surface area contributed by atoms with E-state index >= 15 is 0 Å². The van der Waals surface area contributed by atoms with E-state index in [2.05, 4.69) is 21.6 Å². The minimum Gasteiger partial charge on any atom is -0.461 e. The van der Waals surface area contributed by atoms with Crippen LogP contribution >= 0.6 is 11.8 Å². The van der Waals surface area contributed by atoms with E-state index in [0.29, 0.717) is 33.6 Å². The number of nitriles is 1. The molecule has 0 bridgehead atoms. The number of nitrogens with zero attached hydrogens (tertiary/aromatic N) is 5. The van der Waals surface area contributed by atoms with Crippen molar-refractivity contribution in [3.05, 3.63) is 72.5 Å². The third-order valence-corrected chi connectivity index (χ3v) is 5.49. The highest BCUT2D eigenvalue weighted by Crippen LogP contribution is 2.29. The van der Waals surface area contributed by atoms with Gasteiger partial charge >= 0.3 is 0 Å². The zero-order chi connectivity index (χ0) is 21.2. The van der Waals surface area contributed by atoms with Crippen LogP contribution in [-0.4, -0.2) is 31.2 Å². The Hall–Kier alpha value is -4.16. The number of rotatable bonds is 5. The van der Waals surface area contributed by atoms with Gasteiger partial charge in [0.1, 0.15) is 0 Å². The van der Waals surface area contributed by atoms with E-state index in [0.717, 1.165) is 10.9 Å². The lowest BCUT2D eigenvalue weighted by Crippen LogP contribution is -2.14. The van der Waals surface area contributed by atoms with Gasteiger partial charge < -0.3 is 9.73 Å². The first kappa shape index (κ1) is 18.8. The molecule has 0 aliphatic rings. The SMILES string of the molecule is N#Cc1cccc(NC(=O)CSc2nnc3c4ccccc4nc(-c4ccco4)n23)c1. The Morgan fingerprint density at radius 3 is 2.87 bits per heavy atom. The summed E-state index contributed by atoms with van der Waals surface area (Å²) in [5.74, 6) is 1.04. The zero-order valence-corrected chi connectivity index (χ0v) is 16.8. The van der Waals surface area contributed by atoms with E-state index in [-0.39, 0.29) is 11.7 Å². The maximum atomic E-state index is 12.5. The molecule has 9 heteroatoms. The highest BCUT2D eigenvalue weighted by molar-refractivity contribution is 7.99. The van der Waals surface area contributed by atoms with Gasteiger partial charge in [0.25, 0.3) is 0 Å². The maximum absolute atomic E-state index is 12.5. The van der Waals surface area contributed by atoms with Crippen LogP contribution in [0.3, 0.4) is 0 Å². The van der Waals surface area contributed by atoms with Crippen molar-refractivity contribution >= 4 is 39.9 Å². The number of benzene rings is 2. The molecule has 3 aromatic heterocycles. The summed E-state index contributed by atoms with van der Waals surface area (Å²) in [4.78, 5) is 17.2. The van der Waals surface area contributed by atoms with Crippen LogP contribution in [0.1, 0.15) is 5.56 Å². The number of amides is 1. The van der Waals surface area contributed by atoms with Crippen LogP contribution in [0.5, 0.6) is 0 Å². The fourth-order valence-corrected chi connectivity index (χ4v) is 3.95. The first-order valence-corrected chi connectivity index (χ1v) is 10.3. The molecular formula is C22H14N6O2S. The quantitative estimate of drug-likeness (QED) is 0.421. The van der Waals surface area contributed by atoms with E-state index in [4.69, 9.17) is 14.7 Å². The highest BCUT2D eigenvalue weighted by Gasteiger charge is 2.19. The number of hydrogen-bond acceptors (Lipinski definition) is 7. The van der Waals surface area contributed by atoms with Gasteiger partial charge in [0.15, 0.2) is 22.4 Å². The molecule has 0 radical (unpaired) electrons. The Morgan fingerprint density at radius 2 is 2.03 bits per heavy atom. The van der Waals surface area contributed by atoms with E-state index in [1.807, 2.05) is 30.3 Å². The molecule has 31 heavy (non-hydrogen) atoms. The van der Waals surface area contributed by atoms with Crippen molar-refractivity contribution in [1.82, 2.24) is 19.6 Å². The number of thioether (sulfide) groups is 1. The van der Waals surface area contributed by atoms with Gasteiger partial charge in [0.05, 0.1) is 29.2 Å². The molecular weight excluding hydrogens is 412 g/mol. The second-order valence-corrected chi connectivity index (χ2v) is 7.54. The molecule has 0 saturated carbocycles. The lowest BCUT2D eigenvalue weighted by molar-refractivity contribution is -0.113. The van der Waals surface area contributed by atoms with Crippen LogP contribution < -0.4 is 5.32 Å². The van der Waals surface area contributed by atoms with Crippen molar-refractivity contribution in [2.24, 2.45) is 0 Å². The van der Waals surface area contributed by atoms with Crippen LogP contribution in [-0.2, 0) is 4.79 Å². The van der Waals surface area contributed by atoms with Gasteiger partial charge in [-0.2, -0.15) is 5.26 Å². The fraction of sp³-hybridized carbons (Fsp3) is 0.0455. The Labute approximate surface area is 180 Å². The largest absolute Gasteiger partial charge is 0.461 e. The fourth-order valence-electron chi connectivity index (χ4n) is 3.22. The number of fused-ring (bicyclic) bond motifs is 3. The Morgan fingerprint density at radius 1 is 1.13 bits per heavy atom. The Balaban J connectivity index is 1.47. The van der Waals surface area contributed by atoms with Crippen LogP contribution in [0.4, 0.5) is 5.69 Å². The number of furan rings is 1. The molecule has 3 heterocycles. The molecule has 0 aliphatic carbocycles. The third-order valence-electron chi connectivity index (χ3n) is 4.57. The second-order valence-electron chi connectivity index (χ2n) is 6.60. The number of hydrogen-bond donors (Lipinski definition) is 1. The van der Waals surface area contributed by atoms with Crippen molar-refractivity contribution in [2.45, 2.75) is 5.16 Å². The average molecular weight is 426 g/mol. The number of anilines is 1. The van der Waals surface area contributed by atoms with E-state index in [1.54, 1.807) is 41.0 Å². The predicted octanol–water partition coefficient (Wildman–Crippen LogP) is 4.14. The number of aromatic nitrogens is 4. The van der Waals surface area contributed by atoms with Gasteiger partial charge in [-0.1, -0.05) is 30.0 Å². The summed E-state index contributed by atoms with van der Waals surface area (Å²) in [6.45, 7) is 0. The summed E-state index contributed by atoms with van der Waals surface area (Å²) < 4.78 is 7.37. The molecule has 0 saturated heterocycles. The molecule has 5 aromatic rings. The van der Waals surface area contributed by atoms with Gasteiger partial charge in [0.2, 0.25) is 5.91 Å². The lowest BCUT2D eigenvalue weighted by Gasteiger charge is -2.08. The molecule has 8 nitrogen and oxygen atoms in total. The topological polar surface area (TPSA) is 109 Å². The summed E-state index contributed by atoms with van der Waals surface area (Å²) in [7, 11) is 0. The standard InChI is InChI=1S/C22H14N6O2S/c23-12-14-5-3-6-15(11-14)24-19(29)13-31-22-27-26-20-16-7-1-2-8-17(16)25-21(28(20)22)18-9-4-10-30-18/h1-11H,13H2,(H,24,29). The van der Waals surface area contributed by atoms with Crippen LogP contribution in [0.25, 0.3) is 28.1 Å². The summed E-state index contributed by atoms with van der Waals surface area (Å²) in [5.41, 5.74) is 2.47. The molecule has 0 atom stereocenters. The third kappa shape index (κ3) is 3.60. The molecule has 2 aromatic carbocycles. The minimum atomic E-state index is -0.217. The maximum Gasteiger partial charge on any atom is 0.234 e. The van der Waals surface area contributed by atoms with E-state index < -0.39 is 0 Å². The average Bonchev–Trinajstić information content (AvgIpc) is 3.48. The lowest BCUT2D eigenvalue weighted by atomic mass is 10.2. The van der Waals surface area contributed by atoms with Gasteiger partial charge in [-0.3, -0.25) is 9.20 Å². The Kier molecular flexibility index (Phi) is 4.82.